The van der Waals surface area contributed by atoms with Crippen LogP contribution in [0.3, 0.4) is 0 Å². The number of nitrogens with zero attached hydrogens (tertiary/aromatic N) is 1. The second kappa shape index (κ2) is 3.18. The van der Waals surface area contributed by atoms with Crippen molar-refractivity contribution in [3.05, 3.63) is 22.4 Å². The highest BCUT2D eigenvalue weighted by Crippen LogP contribution is 2.25. The van der Waals surface area contributed by atoms with Gasteiger partial charge in [-0.1, -0.05) is 6.07 Å². The molecule has 0 aliphatic rings. The SMILES string of the molecule is CN=CC(C)(C)c1cccs1. The van der Waals surface area contributed by atoms with Crippen LogP contribution in [-0.2, 0) is 5.41 Å². The second-order valence-corrected chi connectivity index (χ2v) is 4.03. The van der Waals surface area contributed by atoms with E-state index < -0.39 is 0 Å². The molecule has 0 atom stereocenters. The van der Waals surface area contributed by atoms with Gasteiger partial charge in [0, 0.05) is 23.6 Å². The van der Waals surface area contributed by atoms with Gasteiger partial charge in [0.05, 0.1) is 0 Å². The Hall–Kier alpha value is -0.630. The Morgan fingerprint density at radius 3 is 2.73 bits per heavy atom. The summed E-state index contributed by atoms with van der Waals surface area (Å²) < 4.78 is 0. The molecule has 1 aromatic heterocycles. The monoisotopic (exact) mass is 167 g/mol. The van der Waals surface area contributed by atoms with Crippen molar-refractivity contribution in [3.8, 4) is 0 Å². The maximum atomic E-state index is 4.04. The third-order valence-electron chi connectivity index (χ3n) is 1.61. The Labute approximate surface area is 71.8 Å². The lowest BCUT2D eigenvalue weighted by Crippen LogP contribution is -2.16. The quantitative estimate of drug-likeness (QED) is 0.601. The van der Waals surface area contributed by atoms with Crippen LogP contribution in [0.25, 0.3) is 0 Å². The van der Waals surface area contributed by atoms with Gasteiger partial charge in [-0.3, -0.25) is 4.99 Å². The molecule has 2 heteroatoms. The fourth-order valence-corrected chi connectivity index (χ4v) is 1.85. The third kappa shape index (κ3) is 1.90. The molecular formula is C9H13NS. The summed E-state index contributed by atoms with van der Waals surface area (Å²) in [7, 11) is 1.81. The highest BCUT2D eigenvalue weighted by molar-refractivity contribution is 7.10. The molecule has 0 saturated carbocycles. The summed E-state index contributed by atoms with van der Waals surface area (Å²) >= 11 is 1.78. The summed E-state index contributed by atoms with van der Waals surface area (Å²) in [6.45, 7) is 4.34. The van der Waals surface area contributed by atoms with Gasteiger partial charge in [0.25, 0.3) is 0 Å². The highest BCUT2D eigenvalue weighted by atomic mass is 32.1. The molecule has 0 amide bonds. The molecule has 0 spiro atoms. The van der Waals surface area contributed by atoms with Crippen LogP contribution in [0.15, 0.2) is 22.5 Å². The van der Waals surface area contributed by atoms with Crippen molar-refractivity contribution in [2.75, 3.05) is 7.05 Å². The molecule has 60 valence electrons. The lowest BCUT2D eigenvalue weighted by atomic mass is 9.93. The van der Waals surface area contributed by atoms with E-state index >= 15 is 0 Å². The molecule has 0 bridgehead atoms. The summed E-state index contributed by atoms with van der Waals surface area (Å²) in [4.78, 5) is 5.41. The van der Waals surface area contributed by atoms with Gasteiger partial charge < -0.3 is 0 Å². The van der Waals surface area contributed by atoms with E-state index in [0.717, 1.165) is 0 Å². The van der Waals surface area contributed by atoms with E-state index in [0.29, 0.717) is 0 Å². The molecule has 1 rings (SSSR count). The van der Waals surface area contributed by atoms with Crippen molar-refractivity contribution >= 4 is 17.6 Å². The van der Waals surface area contributed by atoms with Crippen molar-refractivity contribution < 1.29 is 0 Å². The number of rotatable bonds is 2. The molecule has 0 aliphatic heterocycles. The molecule has 0 aliphatic carbocycles. The zero-order valence-electron chi connectivity index (χ0n) is 7.16. The van der Waals surface area contributed by atoms with Crippen LogP contribution in [0.2, 0.25) is 0 Å². The lowest BCUT2D eigenvalue weighted by molar-refractivity contribution is 0.752. The first kappa shape index (κ1) is 8.47. The van der Waals surface area contributed by atoms with Crippen LogP contribution < -0.4 is 0 Å². The molecule has 11 heavy (non-hydrogen) atoms. The van der Waals surface area contributed by atoms with E-state index in [2.05, 4.69) is 36.4 Å². The van der Waals surface area contributed by atoms with Gasteiger partial charge in [-0.2, -0.15) is 0 Å². The van der Waals surface area contributed by atoms with Crippen LogP contribution in [0.5, 0.6) is 0 Å². The molecule has 1 nitrogen and oxygen atoms in total. The van der Waals surface area contributed by atoms with Crippen LogP contribution in [-0.4, -0.2) is 13.3 Å². The predicted molar refractivity (Wildman–Crippen MR) is 51.8 cm³/mol. The molecular weight excluding hydrogens is 154 g/mol. The van der Waals surface area contributed by atoms with Crippen molar-refractivity contribution in [2.24, 2.45) is 4.99 Å². The molecule has 0 N–H and O–H groups in total. The summed E-state index contributed by atoms with van der Waals surface area (Å²) in [5.41, 5.74) is 0.100. The minimum Gasteiger partial charge on any atom is -0.300 e. The zero-order valence-corrected chi connectivity index (χ0v) is 7.98. The van der Waals surface area contributed by atoms with Gasteiger partial charge in [-0.15, -0.1) is 11.3 Å². The third-order valence-corrected chi connectivity index (χ3v) is 2.82. The van der Waals surface area contributed by atoms with Crippen molar-refractivity contribution in [3.63, 3.8) is 0 Å². The molecule has 0 fully saturated rings. The number of hydrogen-bond acceptors (Lipinski definition) is 2. The predicted octanol–water partition coefficient (Wildman–Crippen LogP) is 2.73. The lowest BCUT2D eigenvalue weighted by Gasteiger charge is -2.16. The van der Waals surface area contributed by atoms with E-state index in [-0.39, 0.29) is 5.41 Å². The molecule has 0 radical (unpaired) electrons. The average Bonchev–Trinajstić information content (AvgIpc) is 2.37. The topological polar surface area (TPSA) is 12.4 Å². The Morgan fingerprint density at radius 1 is 1.55 bits per heavy atom. The van der Waals surface area contributed by atoms with E-state index in [4.69, 9.17) is 0 Å². The Bertz CT molecular complexity index is 234. The zero-order chi connectivity index (χ0) is 8.32. The molecule has 1 aromatic rings. The molecule has 0 aromatic carbocycles. The summed E-state index contributed by atoms with van der Waals surface area (Å²) in [6.07, 6.45) is 1.98. The Balaban J connectivity index is 2.90. The summed E-state index contributed by atoms with van der Waals surface area (Å²) in [6, 6.07) is 4.22. The van der Waals surface area contributed by atoms with Gasteiger partial charge in [-0.05, 0) is 25.3 Å². The largest absolute Gasteiger partial charge is 0.300 e. The second-order valence-electron chi connectivity index (χ2n) is 3.09. The van der Waals surface area contributed by atoms with E-state index in [1.54, 1.807) is 11.3 Å². The molecule has 0 saturated heterocycles. The van der Waals surface area contributed by atoms with E-state index in [1.165, 1.54) is 4.88 Å². The minimum atomic E-state index is 0.100. The summed E-state index contributed by atoms with van der Waals surface area (Å²) in [5.74, 6) is 0. The smallest absolute Gasteiger partial charge is 0.0339 e. The fraction of sp³-hybridized carbons (Fsp3) is 0.444. The van der Waals surface area contributed by atoms with Gasteiger partial charge in [0.15, 0.2) is 0 Å². The molecule has 1 heterocycles. The Morgan fingerprint density at radius 2 is 2.27 bits per heavy atom. The van der Waals surface area contributed by atoms with Gasteiger partial charge >= 0.3 is 0 Å². The number of hydrogen-bond donors (Lipinski definition) is 0. The first-order valence-corrected chi connectivity index (χ1v) is 4.52. The number of thiophene rings is 1. The fourth-order valence-electron chi connectivity index (χ4n) is 1.03. The standard InChI is InChI=1S/C9H13NS/c1-9(2,7-10-3)8-5-4-6-11-8/h4-7H,1-3H3. The minimum absolute atomic E-state index is 0.100. The molecule has 0 unspecified atom stereocenters. The van der Waals surface area contributed by atoms with Crippen molar-refractivity contribution in [1.82, 2.24) is 0 Å². The first-order valence-electron chi connectivity index (χ1n) is 3.64. The average molecular weight is 167 g/mol. The van der Waals surface area contributed by atoms with Gasteiger partial charge in [0.1, 0.15) is 0 Å². The summed E-state index contributed by atoms with van der Waals surface area (Å²) in [5, 5.41) is 2.10. The van der Waals surface area contributed by atoms with Crippen molar-refractivity contribution in [2.45, 2.75) is 19.3 Å². The van der Waals surface area contributed by atoms with Crippen LogP contribution in [0, 0.1) is 0 Å². The van der Waals surface area contributed by atoms with Gasteiger partial charge in [-0.25, -0.2) is 0 Å². The van der Waals surface area contributed by atoms with Gasteiger partial charge in [0.2, 0.25) is 0 Å². The first-order chi connectivity index (χ1) is 5.17. The normalized spacial score (nSPS) is 12.6. The Kier molecular flexibility index (Phi) is 2.45. The number of aliphatic imine (C=N–C) groups is 1. The maximum Gasteiger partial charge on any atom is 0.0339 e. The van der Waals surface area contributed by atoms with E-state index in [9.17, 15) is 0 Å². The highest BCUT2D eigenvalue weighted by Gasteiger charge is 2.17. The van der Waals surface area contributed by atoms with Crippen LogP contribution in [0.1, 0.15) is 18.7 Å². The van der Waals surface area contributed by atoms with Crippen LogP contribution >= 0.6 is 11.3 Å². The van der Waals surface area contributed by atoms with Crippen molar-refractivity contribution in [1.29, 1.82) is 0 Å². The van der Waals surface area contributed by atoms with Crippen LogP contribution in [0.4, 0.5) is 0 Å². The maximum absolute atomic E-state index is 4.04. The van der Waals surface area contributed by atoms with E-state index in [1.807, 2.05) is 13.3 Å².